The van der Waals surface area contributed by atoms with Crippen molar-refractivity contribution in [2.75, 3.05) is 11.9 Å². The normalized spacial score (nSPS) is 10.5. The third-order valence-electron chi connectivity index (χ3n) is 3.35. The summed E-state index contributed by atoms with van der Waals surface area (Å²) in [7, 11) is 1.91. The van der Waals surface area contributed by atoms with Crippen molar-refractivity contribution in [1.29, 1.82) is 5.26 Å². The largest absolute Gasteiger partial charge is 0.383 e. The summed E-state index contributed by atoms with van der Waals surface area (Å²) in [5.74, 6) is 0.902. The number of nitrogens with zero attached hydrogens (tertiary/aromatic N) is 5. The molecule has 6 heteroatoms. The number of benzene rings is 1. The molecule has 6 nitrogen and oxygen atoms in total. The van der Waals surface area contributed by atoms with E-state index in [-0.39, 0.29) is 0 Å². The van der Waals surface area contributed by atoms with Crippen LogP contribution in [0.3, 0.4) is 0 Å². The molecule has 0 fully saturated rings. The Bertz CT molecular complexity index is 814. The number of hydrogen-bond acceptors (Lipinski definition) is 5. The Hall–Kier alpha value is -2.94. The second-order valence-electron chi connectivity index (χ2n) is 4.71. The minimum Gasteiger partial charge on any atom is -0.383 e. The van der Waals surface area contributed by atoms with Gasteiger partial charge in [-0.3, -0.25) is 4.98 Å². The summed E-state index contributed by atoms with van der Waals surface area (Å²) in [5, 5.41) is 21.4. The van der Waals surface area contributed by atoms with Gasteiger partial charge < -0.3 is 9.88 Å². The summed E-state index contributed by atoms with van der Waals surface area (Å²) in [6.07, 6.45) is 4.02. The first-order valence-electron chi connectivity index (χ1n) is 6.64. The van der Waals surface area contributed by atoms with Crippen molar-refractivity contribution in [3.63, 3.8) is 0 Å². The van der Waals surface area contributed by atoms with Crippen molar-refractivity contribution >= 4 is 16.6 Å². The summed E-state index contributed by atoms with van der Waals surface area (Å²) < 4.78 is 1.89. The lowest BCUT2D eigenvalue weighted by atomic mass is 10.1. The molecule has 0 amide bonds. The molecule has 0 aliphatic heterocycles. The van der Waals surface area contributed by atoms with Crippen LogP contribution in [0, 0.1) is 11.3 Å². The van der Waals surface area contributed by atoms with Crippen LogP contribution in [0.25, 0.3) is 10.9 Å². The van der Waals surface area contributed by atoms with E-state index >= 15 is 0 Å². The fourth-order valence-electron chi connectivity index (χ4n) is 2.25. The fraction of sp³-hybridized carbons (Fsp3) is 0.200. The van der Waals surface area contributed by atoms with Crippen LogP contribution >= 0.6 is 0 Å². The summed E-state index contributed by atoms with van der Waals surface area (Å²) in [4.78, 5) is 4.30. The Balaban J connectivity index is 1.86. The average molecular weight is 278 g/mol. The predicted octanol–water partition coefficient (Wildman–Crippen LogP) is 1.89. The molecule has 1 aromatic carbocycles. The zero-order valence-corrected chi connectivity index (χ0v) is 11.6. The van der Waals surface area contributed by atoms with E-state index in [4.69, 9.17) is 0 Å². The van der Waals surface area contributed by atoms with Crippen LogP contribution < -0.4 is 5.32 Å². The molecule has 0 spiro atoms. The molecule has 0 radical (unpaired) electrons. The SMILES string of the molecule is Cn1cnnc1CCNc1c(C#N)cnc2ccccc12. The van der Waals surface area contributed by atoms with Gasteiger partial charge in [0.15, 0.2) is 0 Å². The van der Waals surface area contributed by atoms with Gasteiger partial charge in [0.2, 0.25) is 0 Å². The number of aryl methyl sites for hydroxylation is 1. The van der Waals surface area contributed by atoms with Gasteiger partial charge in [-0.1, -0.05) is 18.2 Å². The molecule has 21 heavy (non-hydrogen) atoms. The van der Waals surface area contributed by atoms with E-state index in [2.05, 4.69) is 26.6 Å². The van der Waals surface area contributed by atoms with E-state index in [9.17, 15) is 5.26 Å². The highest BCUT2D eigenvalue weighted by molar-refractivity contribution is 5.93. The lowest BCUT2D eigenvalue weighted by Gasteiger charge is -2.11. The number of aromatic nitrogens is 4. The number of anilines is 1. The highest BCUT2D eigenvalue weighted by Gasteiger charge is 2.08. The van der Waals surface area contributed by atoms with Crippen molar-refractivity contribution in [3.8, 4) is 6.07 Å². The minimum absolute atomic E-state index is 0.548. The maximum Gasteiger partial charge on any atom is 0.134 e. The van der Waals surface area contributed by atoms with E-state index in [0.717, 1.165) is 28.8 Å². The molecule has 0 saturated heterocycles. The van der Waals surface area contributed by atoms with Crippen LogP contribution in [0.5, 0.6) is 0 Å². The predicted molar refractivity (Wildman–Crippen MR) is 79.7 cm³/mol. The molecule has 0 aliphatic carbocycles. The molecule has 0 atom stereocenters. The van der Waals surface area contributed by atoms with E-state index in [1.165, 1.54) is 0 Å². The summed E-state index contributed by atoms with van der Waals surface area (Å²) in [5.41, 5.74) is 2.24. The molecule has 104 valence electrons. The molecule has 0 unspecified atom stereocenters. The van der Waals surface area contributed by atoms with Crippen molar-refractivity contribution in [1.82, 2.24) is 19.7 Å². The molecule has 0 bridgehead atoms. The second kappa shape index (κ2) is 5.59. The number of nitriles is 1. The summed E-state index contributed by atoms with van der Waals surface area (Å²) in [6, 6.07) is 9.96. The van der Waals surface area contributed by atoms with Crippen LogP contribution in [0.15, 0.2) is 36.8 Å². The van der Waals surface area contributed by atoms with Crippen LogP contribution in [-0.4, -0.2) is 26.3 Å². The highest BCUT2D eigenvalue weighted by atomic mass is 15.2. The number of nitrogens with one attached hydrogen (secondary N) is 1. The smallest absolute Gasteiger partial charge is 0.134 e. The molecule has 0 saturated carbocycles. The number of rotatable bonds is 4. The van der Waals surface area contributed by atoms with Crippen LogP contribution in [0.1, 0.15) is 11.4 Å². The number of pyridine rings is 1. The van der Waals surface area contributed by atoms with Gasteiger partial charge in [-0.25, -0.2) is 0 Å². The Morgan fingerprint density at radius 2 is 2.19 bits per heavy atom. The Labute approximate surface area is 122 Å². The van der Waals surface area contributed by atoms with Gasteiger partial charge in [0.1, 0.15) is 18.2 Å². The molecule has 0 aliphatic rings. The topological polar surface area (TPSA) is 79.4 Å². The molecule has 2 heterocycles. The van der Waals surface area contributed by atoms with Crippen LogP contribution in [0.4, 0.5) is 5.69 Å². The Morgan fingerprint density at radius 3 is 2.95 bits per heavy atom. The van der Waals surface area contributed by atoms with Crippen LogP contribution in [0.2, 0.25) is 0 Å². The molecule has 3 rings (SSSR count). The Kier molecular flexibility index (Phi) is 3.48. The number of fused-ring (bicyclic) bond motifs is 1. The lowest BCUT2D eigenvalue weighted by molar-refractivity contribution is 0.788. The van der Waals surface area contributed by atoms with Gasteiger partial charge in [-0.2, -0.15) is 5.26 Å². The molecular weight excluding hydrogens is 264 g/mol. The highest BCUT2D eigenvalue weighted by Crippen LogP contribution is 2.25. The van der Waals surface area contributed by atoms with E-state index in [0.29, 0.717) is 12.1 Å². The first kappa shape index (κ1) is 13.1. The summed E-state index contributed by atoms with van der Waals surface area (Å²) in [6.45, 7) is 0.676. The zero-order chi connectivity index (χ0) is 14.7. The number of hydrogen-bond donors (Lipinski definition) is 1. The third kappa shape index (κ3) is 2.54. The molecule has 2 aromatic heterocycles. The fourth-order valence-corrected chi connectivity index (χ4v) is 2.25. The molecular formula is C15H14N6. The van der Waals surface area contributed by atoms with Gasteiger partial charge in [0.25, 0.3) is 0 Å². The third-order valence-corrected chi connectivity index (χ3v) is 3.35. The standard InChI is InChI=1S/C15H14N6/c1-21-10-19-20-14(21)6-7-17-15-11(8-16)9-18-13-5-3-2-4-12(13)15/h2-5,9-10H,6-7H2,1H3,(H,17,18). The Morgan fingerprint density at radius 1 is 1.33 bits per heavy atom. The van der Waals surface area contributed by atoms with Crippen molar-refractivity contribution in [2.24, 2.45) is 7.05 Å². The number of para-hydroxylation sites is 1. The van der Waals surface area contributed by atoms with E-state index in [1.807, 2.05) is 35.9 Å². The van der Waals surface area contributed by atoms with Gasteiger partial charge >= 0.3 is 0 Å². The average Bonchev–Trinajstić information content (AvgIpc) is 2.93. The molecule has 1 N–H and O–H groups in total. The van der Waals surface area contributed by atoms with Gasteiger partial charge in [-0.15, -0.1) is 10.2 Å². The van der Waals surface area contributed by atoms with Gasteiger partial charge in [0, 0.05) is 31.6 Å². The van der Waals surface area contributed by atoms with Crippen molar-refractivity contribution in [2.45, 2.75) is 6.42 Å². The monoisotopic (exact) mass is 278 g/mol. The minimum atomic E-state index is 0.548. The van der Waals surface area contributed by atoms with Gasteiger partial charge in [0.05, 0.1) is 16.8 Å². The molecule has 3 aromatic rings. The first-order chi connectivity index (χ1) is 10.3. The van der Waals surface area contributed by atoms with E-state index < -0.39 is 0 Å². The maximum absolute atomic E-state index is 9.25. The van der Waals surface area contributed by atoms with Crippen molar-refractivity contribution < 1.29 is 0 Å². The van der Waals surface area contributed by atoms with Crippen LogP contribution in [-0.2, 0) is 13.5 Å². The van der Waals surface area contributed by atoms with E-state index in [1.54, 1.807) is 12.5 Å². The zero-order valence-electron chi connectivity index (χ0n) is 11.6. The first-order valence-corrected chi connectivity index (χ1v) is 6.64. The van der Waals surface area contributed by atoms with Crippen molar-refractivity contribution in [3.05, 3.63) is 48.2 Å². The second-order valence-corrected chi connectivity index (χ2v) is 4.71. The van der Waals surface area contributed by atoms with Gasteiger partial charge in [-0.05, 0) is 6.07 Å². The lowest BCUT2D eigenvalue weighted by Crippen LogP contribution is -2.10. The maximum atomic E-state index is 9.25. The summed E-state index contributed by atoms with van der Waals surface area (Å²) >= 11 is 0. The quantitative estimate of drug-likeness (QED) is 0.788.